The van der Waals surface area contributed by atoms with Crippen LogP contribution in [0, 0.1) is 0 Å². The SMILES string of the molecule is CC.CCn1c[n+](C2CCC(CO)O2)c(NC(C)=NC)c1C=O. The molecule has 0 aromatic carbocycles. The van der Waals surface area contributed by atoms with E-state index >= 15 is 0 Å². The second-order valence-electron chi connectivity index (χ2n) is 5.07. The zero-order valence-electron chi connectivity index (χ0n) is 14.7. The predicted octanol–water partition coefficient (Wildman–Crippen LogP) is 1.76. The number of carbonyl (C=O) groups is 1. The molecule has 2 rings (SSSR count). The Morgan fingerprint density at radius 2 is 2.26 bits per heavy atom. The van der Waals surface area contributed by atoms with E-state index in [0.717, 1.165) is 25.0 Å². The van der Waals surface area contributed by atoms with E-state index in [1.165, 1.54) is 0 Å². The fourth-order valence-corrected chi connectivity index (χ4v) is 2.51. The monoisotopic (exact) mass is 325 g/mol. The molecule has 23 heavy (non-hydrogen) atoms. The van der Waals surface area contributed by atoms with Gasteiger partial charge in [0.1, 0.15) is 0 Å². The van der Waals surface area contributed by atoms with E-state index in [4.69, 9.17) is 4.74 Å². The molecule has 7 nitrogen and oxygen atoms in total. The summed E-state index contributed by atoms with van der Waals surface area (Å²) in [5.74, 6) is 1.40. The third-order valence-corrected chi connectivity index (χ3v) is 3.76. The maximum atomic E-state index is 11.4. The van der Waals surface area contributed by atoms with Crippen molar-refractivity contribution < 1.29 is 19.2 Å². The zero-order chi connectivity index (χ0) is 17.4. The van der Waals surface area contributed by atoms with Crippen LogP contribution in [0.5, 0.6) is 0 Å². The summed E-state index contributed by atoms with van der Waals surface area (Å²) in [6.07, 6.45) is 4.01. The lowest BCUT2D eigenvalue weighted by Crippen LogP contribution is -2.41. The van der Waals surface area contributed by atoms with Crippen LogP contribution in [0.1, 0.15) is 57.3 Å². The molecule has 0 amide bonds. The van der Waals surface area contributed by atoms with Crippen LogP contribution in [0.25, 0.3) is 0 Å². The van der Waals surface area contributed by atoms with E-state index in [1.807, 2.05) is 43.2 Å². The topological polar surface area (TPSA) is 79.7 Å². The van der Waals surface area contributed by atoms with Crippen molar-refractivity contribution in [3.05, 3.63) is 12.0 Å². The van der Waals surface area contributed by atoms with Crippen molar-refractivity contribution in [2.75, 3.05) is 19.0 Å². The number of nitrogens with one attached hydrogen (secondary N) is 1. The number of aryl methyl sites for hydroxylation is 1. The summed E-state index contributed by atoms with van der Waals surface area (Å²) in [6, 6.07) is 0. The Bertz CT molecular complexity index is 540. The Balaban J connectivity index is 0.00000127. The van der Waals surface area contributed by atoms with Gasteiger partial charge in [0.2, 0.25) is 5.69 Å². The number of aliphatic hydroxyl groups excluding tert-OH is 1. The molecule has 1 aliphatic rings. The fourth-order valence-electron chi connectivity index (χ4n) is 2.51. The minimum atomic E-state index is -0.180. The van der Waals surface area contributed by atoms with Crippen molar-refractivity contribution in [2.24, 2.45) is 4.99 Å². The highest BCUT2D eigenvalue weighted by Crippen LogP contribution is 2.26. The average Bonchev–Trinajstić information content (AvgIpc) is 3.20. The number of carbonyl (C=O) groups excluding carboxylic acids is 1. The molecule has 1 fully saturated rings. The van der Waals surface area contributed by atoms with Crippen molar-refractivity contribution in [2.45, 2.75) is 59.4 Å². The van der Waals surface area contributed by atoms with Gasteiger partial charge in [-0.3, -0.25) is 19.7 Å². The molecule has 1 aromatic heterocycles. The molecule has 0 saturated carbocycles. The van der Waals surface area contributed by atoms with Crippen molar-refractivity contribution in [1.82, 2.24) is 4.57 Å². The van der Waals surface area contributed by atoms with E-state index in [-0.39, 0.29) is 18.9 Å². The zero-order valence-corrected chi connectivity index (χ0v) is 14.7. The van der Waals surface area contributed by atoms with Crippen LogP contribution in [0.3, 0.4) is 0 Å². The molecule has 2 N–H and O–H groups in total. The van der Waals surface area contributed by atoms with Crippen LogP contribution >= 0.6 is 0 Å². The molecule has 2 unspecified atom stereocenters. The number of aromatic nitrogens is 2. The van der Waals surface area contributed by atoms with E-state index in [2.05, 4.69) is 10.3 Å². The van der Waals surface area contributed by atoms with Crippen LogP contribution in [-0.4, -0.2) is 41.6 Å². The number of hydrogen-bond donors (Lipinski definition) is 2. The molecule has 130 valence electrons. The van der Waals surface area contributed by atoms with Gasteiger partial charge in [0.15, 0.2) is 24.7 Å². The molecule has 2 heterocycles. The Kier molecular flexibility index (Phi) is 7.91. The molecule has 0 bridgehead atoms. The first-order valence-corrected chi connectivity index (χ1v) is 8.20. The smallest absolute Gasteiger partial charge is 0.272 e. The second-order valence-corrected chi connectivity index (χ2v) is 5.07. The predicted molar refractivity (Wildman–Crippen MR) is 89.9 cm³/mol. The fraction of sp³-hybridized carbons (Fsp3) is 0.688. The lowest BCUT2D eigenvalue weighted by molar-refractivity contribution is -0.746. The largest absolute Gasteiger partial charge is 0.394 e. The van der Waals surface area contributed by atoms with Crippen molar-refractivity contribution in [3.8, 4) is 0 Å². The highest BCUT2D eigenvalue weighted by atomic mass is 16.5. The number of aliphatic hydroxyl groups is 1. The summed E-state index contributed by atoms with van der Waals surface area (Å²) in [5.41, 5.74) is 0.566. The standard InChI is InChI=1S/C14H22N4O3.C2H6/c1-4-17-9-18(13-6-5-11(7-19)21-13)14(12(17)8-20)16-10(2)15-3;1-2/h8-9,11,13,19H,4-7H2,1-3H3;1-2H3/p+1. The van der Waals surface area contributed by atoms with Crippen molar-refractivity contribution in [3.63, 3.8) is 0 Å². The van der Waals surface area contributed by atoms with Gasteiger partial charge in [0, 0.05) is 20.4 Å². The van der Waals surface area contributed by atoms with Crippen LogP contribution in [0.4, 0.5) is 5.82 Å². The van der Waals surface area contributed by atoms with Crippen molar-refractivity contribution in [1.29, 1.82) is 0 Å². The van der Waals surface area contributed by atoms with E-state index < -0.39 is 0 Å². The molecule has 1 aromatic rings. The van der Waals surface area contributed by atoms with Gasteiger partial charge < -0.3 is 9.84 Å². The van der Waals surface area contributed by atoms with Crippen LogP contribution in [0.15, 0.2) is 11.3 Å². The number of aldehydes is 1. The summed E-state index contributed by atoms with van der Waals surface area (Å²) >= 11 is 0. The number of anilines is 1. The molecule has 0 radical (unpaired) electrons. The third kappa shape index (κ3) is 4.39. The Morgan fingerprint density at radius 3 is 2.74 bits per heavy atom. The van der Waals surface area contributed by atoms with Crippen molar-refractivity contribution >= 4 is 17.9 Å². The van der Waals surface area contributed by atoms with Crippen LogP contribution < -0.4 is 9.88 Å². The van der Waals surface area contributed by atoms with Gasteiger partial charge in [-0.15, -0.1) is 0 Å². The lowest BCUT2D eigenvalue weighted by atomic mass is 10.2. The number of ether oxygens (including phenoxy) is 1. The summed E-state index contributed by atoms with van der Waals surface area (Å²) in [4.78, 5) is 15.5. The van der Waals surface area contributed by atoms with E-state index in [0.29, 0.717) is 18.1 Å². The lowest BCUT2D eigenvalue weighted by Gasteiger charge is -2.12. The van der Waals surface area contributed by atoms with Gasteiger partial charge in [-0.25, -0.2) is 4.57 Å². The molecule has 2 atom stereocenters. The van der Waals surface area contributed by atoms with Gasteiger partial charge in [-0.1, -0.05) is 13.8 Å². The number of rotatable bonds is 5. The quantitative estimate of drug-likeness (QED) is 0.374. The van der Waals surface area contributed by atoms with Crippen LogP contribution in [-0.2, 0) is 11.3 Å². The van der Waals surface area contributed by atoms with Gasteiger partial charge in [0.25, 0.3) is 5.82 Å². The van der Waals surface area contributed by atoms with E-state index in [9.17, 15) is 9.90 Å². The first-order valence-electron chi connectivity index (χ1n) is 8.20. The van der Waals surface area contributed by atoms with Gasteiger partial charge in [-0.05, 0) is 13.3 Å². The molecule has 1 saturated heterocycles. The molecular weight excluding hydrogens is 296 g/mol. The summed E-state index contributed by atoms with van der Waals surface area (Å²) in [5, 5.41) is 12.4. The maximum Gasteiger partial charge on any atom is 0.272 e. The summed E-state index contributed by atoms with van der Waals surface area (Å²) < 4.78 is 9.60. The van der Waals surface area contributed by atoms with E-state index in [1.54, 1.807) is 7.05 Å². The number of amidine groups is 1. The highest BCUT2D eigenvalue weighted by molar-refractivity contribution is 5.95. The Morgan fingerprint density at radius 1 is 1.57 bits per heavy atom. The molecule has 7 heteroatoms. The highest BCUT2D eigenvalue weighted by Gasteiger charge is 2.33. The molecular formula is C16H29N4O3+. The van der Waals surface area contributed by atoms with Crippen LogP contribution in [0.2, 0.25) is 0 Å². The van der Waals surface area contributed by atoms with Gasteiger partial charge >= 0.3 is 0 Å². The number of hydrogen-bond acceptors (Lipinski definition) is 4. The molecule has 1 aliphatic heterocycles. The minimum absolute atomic E-state index is 0.0181. The first-order chi connectivity index (χ1) is 11.1. The normalized spacial score (nSPS) is 20.9. The number of imidazole rings is 1. The summed E-state index contributed by atoms with van der Waals surface area (Å²) in [6.45, 7) is 8.53. The molecule has 0 aliphatic carbocycles. The third-order valence-electron chi connectivity index (χ3n) is 3.76. The minimum Gasteiger partial charge on any atom is -0.394 e. The summed E-state index contributed by atoms with van der Waals surface area (Å²) in [7, 11) is 1.69. The number of nitrogens with zero attached hydrogens (tertiary/aromatic N) is 3. The maximum absolute atomic E-state index is 11.4. The molecule has 0 spiro atoms. The second kappa shape index (κ2) is 9.42. The number of aliphatic imine (C=N–C) groups is 1. The Labute approximate surface area is 138 Å². The Hall–Kier alpha value is -1.73. The van der Waals surface area contributed by atoms with Gasteiger partial charge in [0.05, 0.1) is 19.3 Å². The van der Waals surface area contributed by atoms with Gasteiger partial charge in [-0.2, -0.15) is 0 Å². The first kappa shape index (κ1) is 19.3. The average molecular weight is 325 g/mol.